The predicted molar refractivity (Wildman–Crippen MR) is 133 cm³/mol. The SMILES string of the molecule is COC(c1ccccc1)C(C)Oc1ccc2c3c1OC1C(=O)CC[C@H]4[C@@H](C2)N(CC2CC2)CC[C@]314. The van der Waals surface area contributed by atoms with Gasteiger partial charge in [-0.15, -0.1) is 0 Å². The van der Waals surface area contributed by atoms with E-state index in [1.54, 1.807) is 7.11 Å². The van der Waals surface area contributed by atoms with Gasteiger partial charge in [0, 0.05) is 37.1 Å². The highest BCUT2D eigenvalue weighted by molar-refractivity contribution is 5.89. The zero-order valence-electron chi connectivity index (χ0n) is 20.7. The summed E-state index contributed by atoms with van der Waals surface area (Å²) in [5.74, 6) is 3.24. The minimum Gasteiger partial charge on any atom is -0.484 e. The second kappa shape index (κ2) is 8.07. The summed E-state index contributed by atoms with van der Waals surface area (Å²) in [7, 11) is 1.73. The number of rotatable bonds is 7. The number of nitrogens with zero attached hydrogens (tertiary/aromatic N) is 1. The lowest BCUT2D eigenvalue weighted by Crippen LogP contribution is -2.66. The summed E-state index contributed by atoms with van der Waals surface area (Å²) in [5, 5.41) is 0. The molecule has 1 spiro atoms. The Hall–Kier alpha value is -2.37. The number of benzene rings is 2. The van der Waals surface area contributed by atoms with Crippen LogP contribution in [0, 0.1) is 11.8 Å². The van der Waals surface area contributed by atoms with Gasteiger partial charge in [0.05, 0.1) is 0 Å². The van der Waals surface area contributed by atoms with Crippen molar-refractivity contribution in [3.63, 3.8) is 0 Å². The number of ketones is 1. The highest BCUT2D eigenvalue weighted by Gasteiger charge is 2.66. The Morgan fingerprint density at radius 3 is 2.74 bits per heavy atom. The number of likely N-dealkylation sites (tertiary alicyclic amines) is 1. The van der Waals surface area contributed by atoms with Crippen LogP contribution in [0.25, 0.3) is 0 Å². The van der Waals surface area contributed by atoms with Crippen LogP contribution < -0.4 is 9.47 Å². The van der Waals surface area contributed by atoms with E-state index in [1.165, 1.54) is 30.5 Å². The maximum absolute atomic E-state index is 13.3. The predicted octanol–water partition coefficient (Wildman–Crippen LogP) is 4.86. The van der Waals surface area contributed by atoms with Crippen LogP contribution in [-0.2, 0) is 21.4 Å². The number of hydrogen-bond acceptors (Lipinski definition) is 5. The lowest BCUT2D eigenvalue weighted by molar-refractivity contribution is -0.138. The summed E-state index contributed by atoms with van der Waals surface area (Å²) in [4.78, 5) is 16.0. The summed E-state index contributed by atoms with van der Waals surface area (Å²) in [5.41, 5.74) is 3.57. The van der Waals surface area contributed by atoms with E-state index in [1.807, 2.05) is 25.1 Å². The van der Waals surface area contributed by atoms with Gasteiger partial charge in [-0.05, 0) is 74.6 Å². The van der Waals surface area contributed by atoms with Crippen molar-refractivity contribution < 1.29 is 19.0 Å². The van der Waals surface area contributed by atoms with E-state index in [9.17, 15) is 4.79 Å². The number of methoxy groups -OCH3 is 1. The van der Waals surface area contributed by atoms with Gasteiger partial charge in [0.15, 0.2) is 23.4 Å². The molecule has 0 amide bonds. The van der Waals surface area contributed by atoms with Crippen LogP contribution in [0.5, 0.6) is 11.5 Å². The van der Waals surface area contributed by atoms with Crippen molar-refractivity contribution in [1.82, 2.24) is 4.90 Å². The molecule has 0 N–H and O–H groups in total. The third kappa shape index (κ3) is 3.24. The van der Waals surface area contributed by atoms with Crippen LogP contribution in [0.4, 0.5) is 0 Å². The van der Waals surface area contributed by atoms with E-state index in [4.69, 9.17) is 14.2 Å². The fourth-order valence-corrected chi connectivity index (χ4v) is 7.85. The van der Waals surface area contributed by atoms with Crippen LogP contribution in [-0.4, -0.2) is 49.1 Å². The average Bonchev–Trinajstić information content (AvgIpc) is 3.62. The molecule has 35 heavy (non-hydrogen) atoms. The molecular formula is C30H35NO4. The van der Waals surface area contributed by atoms with E-state index < -0.39 is 0 Å². The molecular weight excluding hydrogens is 438 g/mol. The van der Waals surface area contributed by atoms with Gasteiger partial charge in [-0.3, -0.25) is 9.69 Å². The van der Waals surface area contributed by atoms with Gasteiger partial charge in [0.1, 0.15) is 12.2 Å². The van der Waals surface area contributed by atoms with Crippen LogP contribution in [0.2, 0.25) is 0 Å². The number of ether oxygens (including phenoxy) is 3. The molecule has 5 nitrogen and oxygen atoms in total. The third-order valence-corrected chi connectivity index (χ3v) is 9.52. The standard InChI is InChI=1S/C30H35NO4/c1-18(27(33-2)20-6-4-3-5-7-20)34-25-13-10-21-16-23-22-11-12-24(32)29-30(22,26(21)28(25)35-29)14-15-31(23)17-19-8-9-19/h3-7,10,13,18-19,22-23,27,29H,8-9,11-12,14-17H2,1-2H3/t18?,22-,23+,27?,29?,30-/m0/s1. The molecule has 2 heterocycles. The smallest absolute Gasteiger partial charge is 0.174 e. The van der Waals surface area contributed by atoms with Crippen molar-refractivity contribution in [2.75, 3.05) is 20.2 Å². The quantitative estimate of drug-likeness (QED) is 0.575. The molecule has 7 rings (SSSR count). The molecule has 3 unspecified atom stereocenters. The van der Waals surface area contributed by atoms with Gasteiger partial charge in [-0.1, -0.05) is 36.4 Å². The highest BCUT2D eigenvalue weighted by atomic mass is 16.6. The lowest BCUT2D eigenvalue weighted by atomic mass is 9.51. The molecule has 5 heteroatoms. The van der Waals surface area contributed by atoms with Crippen molar-refractivity contribution in [3.05, 3.63) is 59.2 Å². The van der Waals surface area contributed by atoms with Crippen molar-refractivity contribution in [1.29, 1.82) is 0 Å². The van der Waals surface area contributed by atoms with Crippen LogP contribution in [0.1, 0.15) is 61.8 Å². The van der Waals surface area contributed by atoms with E-state index in [0.717, 1.165) is 48.8 Å². The van der Waals surface area contributed by atoms with E-state index >= 15 is 0 Å². The Morgan fingerprint density at radius 2 is 1.97 bits per heavy atom. The molecule has 6 atom stereocenters. The lowest BCUT2D eigenvalue weighted by Gasteiger charge is -2.57. The van der Waals surface area contributed by atoms with Gasteiger partial charge in [0.2, 0.25) is 0 Å². The molecule has 3 aliphatic carbocycles. The number of hydrogen-bond donors (Lipinski definition) is 0. The molecule has 3 fully saturated rings. The second-order valence-electron chi connectivity index (χ2n) is 11.4. The summed E-state index contributed by atoms with van der Waals surface area (Å²) in [6.45, 7) is 4.36. The maximum atomic E-state index is 13.3. The fraction of sp³-hybridized carbons (Fsp3) is 0.567. The van der Waals surface area contributed by atoms with Crippen molar-refractivity contribution >= 4 is 5.78 Å². The zero-order chi connectivity index (χ0) is 23.7. The fourth-order valence-electron chi connectivity index (χ4n) is 7.85. The van der Waals surface area contributed by atoms with E-state index in [-0.39, 0.29) is 29.5 Å². The number of piperidine rings is 1. The van der Waals surface area contributed by atoms with Crippen LogP contribution in [0.15, 0.2) is 42.5 Å². The summed E-state index contributed by atoms with van der Waals surface area (Å²) in [6.07, 6.45) is 5.73. The molecule has 2 aromatic rings. The first kappa shape index (κ1) is 21.9. The normalized spacial score (nSPS) is 32.5. The summed E-state index contributed by atoms with van der Waals surface area (Å²) >= 11 is 0. The molecule has 2 saturated carbocycles. The van der Waals surface area contributed by atoms with Gasteiger partial charge < -0.3 is 14.2 Å². The van der Waals surface area contributed by atoms with Crippen molar-refractivity contribution in [3.8, 4) is 11.5 Å². The molecule has 5 aliphatic rings. The topological polar surface area (TPSA) is 48.0 Å². The Morgan fingerprint density at radius 1 is 1.14 bits per heavy atom. The first-order chi connectivity index (χ1) is 17.1. The highest BCUT2D eigenvalue weighted by Crippen LogP contribution is 2.63. The molecule has 2 aliphatic heterocycles. The molecule has 0 radical (unpaired) electrons. The van der Waals surface area contributed by atoms with Crippen molar-refractivity contribution in [2.24, 2.45) is 11.8 Å². The number of carbonyl (C=O) groups is 1. The van der Waals surface area contributed by atoms with Crippen molar-refractivity contribution in [2.45, 2.75) is 75.2 Å². The van der Waals surface area contributed by atoms with Gasteiger partial charge in [-0.25, -0.2) is 0 Å². The van der Waals surface area contributed by atoms with Gasteiger partial charge in [0.25, 0.3) is 0 Å². The number of Topliss-reactive ketones (excluding diaryl/α,β-unsaturated/α-hetero) is 1. The largest absolute Gasteiger partial charge is 0.484 e. The molecule has 2 aromatic carbocycles. The average molecular weight is 474 g/mol. The van der Waals surface area contributed by atoms with E-state index in [2.05, 4.69) is 29.2 Å². The first-order valence-electron chi connectivity index (χ1n) is 13.4. The zero-order valence-corrected chi connectivity index (χ0v) is 20.7. The van der Waals surface area contributed by atoms with Crippen LogP contribution >= 0.6 is 0 Å². The molecule has 1 saturated heterocycles. The summed E-state index contributed by atoms with van der Waals surface area (Å²) < 4.78 is 19.0. The monoisotopic (exact) mass is 473 g/mol. The van der Waals surface area contributed by atoms with E-state index in [0.29, 0.717) is 18.4 Å². The van der Waals surface area contributed by atoms with Gasteiger partial charge in [-0.2, -0.15) is 0 Å². The third-order valence-electron chi connectivity index (χ3n) is 9.52. The molecule has 0 aromatic heterocycles. The van der Waals surface area contributed by atoms with Gasteiger partial charge >= 0.3 is 0 Å². The molecule has 2 bridgehead atoms. The summed E-state index contributed by atoms with van der Waals surface area (Å²) in [6, 6.07) is 15.1. The minimum atomic E-state index is -0.353. The Balaban J connectivity index is 1.26. The minimum absolute atomic E-state index is 0.175. The Labute approximate surface area is 207 Å². The first-order valence-corrected chi connectivity index (χ1v) is 13.4. The molecule has 184 valence electrons. The second-order valence-corrected chi connectivity index (χ2v) is 11.4. The maximum Gasteiger partial charge on any atom is 0.174 e. The Bertz CT molecular complexity index is 1140. The number of carbonyl (C=O) groups excluding carboxylic acids is 1. The Kier molecular flexibility index (Phi) is 5.05. The van der Waals surface area contributed by atoms with Crippen LogP contribution in [0.3, 0.4) is 0 Å².